The van der Waals surface area contributed by atoms with Gasteiger partial charge in [-0.1, -0.05) is 220 Å². The summed E-state index contributed by atoms with van der Waals surface area (Å²) in [5.74, 6) is 0. The number of aryl methyl sites for hydroxylation is 1. The van der Waals surface area contributed by atoms with E-state index in [1.54, 1.807) is 0 Å². The van der Waals surface area contributed by atoms with Gasteiger partial charge in [0.1, 0.15) is 0 Å². The first-order valence-electron chi connectivity index (χ1n) is 21.6. The molecule has 0 nitrogen and oxygen atoms in total. The molecular weight excluding hydrogens is 808 g/mol. The Bertz CT molecular complexity index is 2340. The van der Waals surface area contributed by atoms with Crippen molar-refractivity contribution in [2.24, 2.45) is 0 Å². The summed E-state index contributed by atoms with van der Waals surface area (Å²) in [5, 5.41) is 7.87. The molecule has 7 aromatic rings. The van der Waals surface area contributed by atoms with E-state index in [1.165, 1.54) is 167 Å². The van der Waals surface area contributed by atoms with E-state index in [1.807, 2.05) is 0 Å². The van der Waals surface area contributed by atoms with E-state index < -0.39 is 0 Å². The van der Waals surface area contributed by atoms with Crippen LogP contribution in [-0.4, -0.2) is 0 Å². The van der Waals surface area contributed by atoms with Crippen LogP contribution >= 0.6 is 31.9 Å². The topological polar surface area (TPSA) is 0 Å². The Labute approximate surface area is 353 Å². The van der Waals surface area contributed by atoms with Crippen molar-refractivity contribution >= 4 is 64.2 Å². The number of rotatable bonds is 19. The van der Waals surface area contributed by atoms with Gasteiger partial charge in [0.25, 0.3) is 0 Å². The van der Waals surface area contributed by atoms with Crippen LogP contribution in [0.3, 0.4) is 0 Å². The van der Waals surface area contributed by atoms with Crippen LogP contribution in [0.4, 0.5) is 0 Å². The fraction of sp³-hybridized carbons (Fsp3) is 0.333. The lowest BCUT2D eigenvalue weighted by atomic mass is 9.77. The number of hydrogen-bond acceptors (Lipinski definition) is 0. The molecule has 2 heteroatoms. The molecule has 0 N–H and O–H groups in total. The Morgan fingerprint density at radius 2 is 0.786 bits per heavy atom. The standard InChI is InChI=1S/C54H58Br2/c1-3-5-7-9-11-12-14-22-28-47-50(42-31-29-39(30-32-42)23-17-13-10-8-6-4-2)52(41-26-20-16-21-27-41)54-49-38-44(56)34-36-46(49)45-35-33-43(55)37-48(45)53(54)51(47)40-24-18-15-19-25-40/h15-16,18-21,24-27,29-38H,3-14,17,22-23,28H2,1-2H3. The predicted molar refractivity (Wildman–Crippen MR) is 254 cm³/mol. The van der Waals surface area contributed by atoms with Crippen LogP contribution < -0.4 is 0 Å². The molecule has 0 aliphatic rings. The Morgan fingerprint density at radius 3 is 1.30 bits per heavy atom. The quantitative estimate of drug-likeness (QED) is 0.0561. The van der Waals surface area contributed by atoms with Crippen LogP contribution in [0.2, 0.25) is 0 Å². The third kappa shape index (κ3) is 9.35. The molecule has 0 aliphatic carbocycles. The molecule has 288 valence electrons. The molecule has 0 fully saturated rings. The van der Waals surface area contributed by atoms with Crippen LogP contribution in [0, 0.1) is 0 Å². The molecule has 56 heavy (non-hydrogen) atoms. The highest BCUT2D eigenvalue weighted by Gasteiger charge is 2.26. The van der Waals surface area contributed by atoms with Crippen LogP contribution in [0.25, 0.3) is 65.7 Å². The van der Waals surface area contributed by atoms with Crippen LogP contribution in [-0.2, 0) is 12.8 Å². The molecule has 7 aromatic carbocycles. The van der Waals surface area contributed by atoms with Crippen molar-refractivity contribution in [2.75, 3.05) is 0 Å². The fourth-order valence-electron chi connectivity index (χ4n) is 9.03. The first kappa shape index (κ1) is 40.5. The highest BCUT2D eigenvalue weighted by molar-refractivity contribution is 9.10. The number of fused-ring (bicyclic) bond motifs is 6. The zero-order valence-electron chi connectivity index (χ0n) is 33.6. The number of hydrogen-bond donors (Lipinski definition) is 0. The molecule has 0 aromatic heterocycles. The Kier molecular flexibility index (Phi) is 14.5. The van der Waals surface area contributed by atoms with E-state index in [-0.39, 0.29) is 0 Å². The molecule has 0 heterocycles. The number of benzene rings is 7. The second kappa shape index (κ2) is 20.1. The highest BCUT2D eigenvalue weighted by Crippen LogP contribution is 2.52. The van der Waals surface area contributed by atoms with Crippen molar-refractivity contribution < 1.29 is 0 Å². The summed E-state index contributed by atoms with van der Waals surface area (Å²) < 4.78 is 2.21. The van der Waals surface area contributed by atoms with Crippen LogP contribution in [0.1, 0.15) is 115 Å². The van der Waals surface area contributed by atoms with E-state index in [2.05, 4.69) is 167 Å². The Hall–Kier alpha value is -3.72. The zero-order chi connectivity index (χ0) is 38.7. The van der Waals surface area contributed by atoms with Gasteiger partial charge in [-0.25, -0.2) is 0 Å². The molecule has 0 saturated carbocycles. The second-order valence-electron chi connectivity index (χ2n) is 15.9. The maximum Gasteiger partial charge on any atom is 0.0181 e. The van der Waals surface area contributed by atoms with Crippen molar-refractivity contribution in [3.05, 3.63) is 141 Å². The predicted octanol–water partition coefficient (Wildman–Crippen LogP) is 18.3. The van der Waals surface area contributed by atoms with Crippen molar-refractivity contribution in [1.29, 1.82) is 0 Å². The Morgan fingerprint density at radius 1 is 0.357 bits per heavy atom. The second-order valence-corrected chi connectivity index (χ2v) is 17.7. The molecule has 7 rings (SSSR count). The molecule has 0 saturated heterocycles. The lowest BCUT2D eigenvalue weighted by molar-refractivity contribution is 0.576. The van der Waals surface area contributed by atoms with Crippen LogP contribution in [0.5, 0.6) is 0 Å². The van der Waals surface area contributed by atoms with Crippen molar-refractivity contribution in [2.45, 2.75) is 117 Å². The zero-order valence-corrected chi connectivity index (χ0v) is 36.8. The maximum absolute atomic E-state index is 3.92. The summed E-state index contributed by atoms with van der Waals surface area (Å²) in [6.07, 6.45) is 20.6. The molecule has 0 aliphatic heterocycles. The summed E-state index contributed by atoms with van der Waals surface area (Å²) in [4.78, 5) is 0. The minimum absolute atomic E-state index is 1.04. The van der Waals surface area contributed by atoms with Crippen molar-refractivity contribution in [1.82, 2.24) is 0 Å². The lowest BCUT2D eigenvalue weighted by Crippen LogP contribution is -2.02. The van der Waals surface area contributed by atoms with Gasteiger partial charge in [-0.05, 0) is 127 Å². The average Bonchev–Trinajstić information content (AvgIpc) is 3.23. The minimum Gasteiger partial charge on any atom is -0.0654 e. The van der Waals surface area contributed by atoms with Gasteiger partial charge in [-0.2, -0.15) is 0 Å². The Balaban J connectivity index is 1.51. The molecule has 0 radical (unpaired) electrons. The summed E-state index contributed by atoms with van der Waals surface area (Å²) >= 11 is 7.84. The molecule has 0 amide bonds. The smallest absolute Gasteiger partial charge is 0.0181 e. The summed E-state index contributed by atoms with van der Waals surface area (Å²) in [7, 11) is 0. The van der Waals surface area contributed by atoms with Crippen LogP contribution in [0.15, 0.2) is 130 Å². The minimum atomic E-state index is 1.04. The normalized spacial score (nSPS) is 11.6. The monoisotopic (exact) mass is 864 g/mol. The third-order valence-electron chi connectivity index (χ3n) is 11.9. The van der Waals surface area contributed by atoms with Gasteiger partial charge in [-0.15, -0.1) is 0 Å². The van der Waals surface area contributed by atoms with Crippen molar-refractivity contribution in [3.63, 3.8) is 0 Å². The van der Waals surface area contributed by atoms with Gasteiger partial charge < -0.3 is 0 Å². The van der Waals surface area contributed by atoms with Gasteiger partial charge in [0.15, 0.2) is 0 Å². The molecule has 0 bridgehead atoms. The van der Waals surface area contributed by atoms with Gasteiger partial charge in [-0.3, -0.25) is 0 Å². The highest BCUT2D eigenvalue weighted by atomic mass is 79.9. The van der Waals surface area contributed by atoms with Gasteiger partial charge >= 0.3 is 0 Å². The largest absolute Gasteiger partial charge is 0.0654 e. The SMILES string of the molecule is CCCCCCCCCCc1c(-c2ccc(CCCCCCCC)cc2)c(-c2ccccc2)c2c3cc(Br)ccc3c3ccc(Br)cc3c2c1-c1ccccc1. The average molecular weight is 867 g/mol. The summed E-state index contributed by atoms with van der Waals surface area (Å²) in [5.41, 5.74) is 11.0. The maximum atomic E-state index is 3.92. The van der Waals surface area contributed by atoms with E-state index in [4.69, 9.17) is 0 Å². The molecule has 0 unspecified atom stereocenters. The van der Waals surface area contributed by atoms with E-state index in [0.29, 0.717) is 0 Å². The fourth-order valence-corrected chi connectivity index (χ4v) is 9.75. The summed E-state index contributed by atoms with van der Waals surface area (Å²) in [6.45, 7) is 4.61. The number of unbranched alkanes of at least 4 members (excludes halogenated alkanes) is 12. The van der Waals surface area contributed by atoms with E-state index in [9.17, 15) is 0 Å². The van der Waals surface area contributed by atoms with Gasteiger partial charge in [0.05, 0.1) is 0 Å². The van der Waals surface area contributed by atoms with Gasteiger partial charge in [0.2, 0.25) is 0 Å². The van der Waals surface area contributed by atoms with E-state index in [0.717, 1.165) is 21.8 Å². The first-order chi connectivity index (χ1) is 27.6. The van der Waals surface area contributed by atoms with E-state index >= 15 is 0 Å². The summed E-state index contributed by atoms with van der Waals surface area (Å²) in [6, 6.07) is 46.1. The number of halogens is 2. The van der Waals surface area contributed by atoms with Gasteiger partial charge in [0, 0.05) is 8.95 Å². The molecular formula is C54H58Br2. The molecule has 0 atom stereocenters. The first-order valence-corrected chi connectivity index (χ1v) is 23.2. The van der Waals surface area contributed by atoms with Crippen molar-refractivity contribution in [3.8, 4) is 33.4 Å². The third-order valence-corrected chi connectivity index (χ3v) is 12.8. The lowest BCUT2D eigenvalue weighted by Gasteiger charge is -2.26. The molecule has 0 spiro atoms.